The number of halogens is 1. The first-order valence-electron chi connectivity index (χ1n) is 8.44. The van der Waals surface area contributed by atoms with Gasteiger partial charge in [-0.1, -0.05) is 48.6 Å². The summed E-state index contributed by atoms with van der Waals surface area (Å²) in [6.07, 6.45) is 3.58. The van der Waals surface area contributed by atoms with Crippen LogP contribution in [0.3, 0.4) is 0 Å². The van der Waals surface area contributed by atoms with Crippen LogP contribution < -0.4 is 4.90 Å². The molecule has 5 heteroatoms. The van der Waals surface area contributed by atoms with Gasteiger partial charge in [0, 0.05) is 25.8 Å². The van der Waals surface area contributed by atoms with Crippen LogP contribution in [0.2, 0.25) is 0 Å². The molecule has 0 saturated heterocycles. The molecule has 0 amide bonds. The number of hydrogen-bond acceptors (Lipinski definition) is 3. The first-order valence-corrected chi connectivity index (χ1v) is 8.44. The quantitative estimate of drug-likeness (QED) is 0.335. The highest BCUT2D eigenvalue weighted by Crippen LogP contribution is 2.24. The fourth-order valence-electron chi connectivity index (χ4n) is 2.71. The molecule has 3 rings (SSSR count). The standard InChI is InChI=1S/C22H19FN2O2/c1-24(2)20-12-10-19(11-13-20)18-8-5-16(6-9-18)3-4-17-7-14-22(25(26)27)21(23)15-17/h3-15H,1-2H3. The minimum atomic E-state index is -0.835. The van der Waals surface area contributed by atoms with E-state index in [0.29, 0.717) is 5.56 Å². The predicted octanol–water partition coefficient (Wildman–Crippen LogP) is 5.64. The van der Waals surface area contributed by atoms with Gasteiger partial charge in [0.1, 0.15) is 0 Å². The molecular weight excluding hydrogens is 343 g/mol. The third-order valence-corrected chi connectivity index (χ3v) is 4.26. The van der Waals surface area contributed by atoms with E-state index in [0.717, 1.165) is 28.4 Å². The lowest BCUT2D eigenvalue weighted by Crippen LogP contribution is -2.07. The van der Waals surface area contributed by atoms with Gasteiger partial charge in [-0.2, -0.15) is 4.39 Å². The number of nitro benzene ring substituents is 1. The molecule has 0 aromatic heterocycles. The second kappa shape index (κ2) is 7.83. The lowest BCUT2D eigenvalue weighted by Gasteiger charge is -2.12. The van der Waals surface area contributed by atoms with Crippen LogP contribution in [-0.4, -0.2) is 19.0 Å². The molecule has 0 spiro atoms. The summed E-state index contributed by atoms with van der Waals surface area (Å²) in [6, 6.07) is 20.2. The Morgan fingerprint density at radius 3 is 1.89 bits per heavy atom. The van der Waals surface area contributed by atoms with Crippen LogP contribution >= 0.6 is 0 Å². The topological polar surface area (TPSA) is 46.4 Å². The molecule has 4 nitrogen and oxygen atoms in total. The van der Waals surface area contributed by atoms with E-state index in [4.69, 9.17) is 0 Å². The first kappa shape index (κ1) is 18.3. The molecule has 0 bridgehead atoms. The molecule has 136 valence electrons. The summed E-state index contributed by atoms with van der Waals surface area (Å²) >= 11 is 0. The molecule has 0 aliphatic heterocycles. The average Bonchev–Trinajstić information content (AvgIpc) is 2.66. The molecule has 3 aromatic carbocycles. The average molecular weight is 362 g/mol. The molecular formula is C22H19FN2O2. The Labute approximate surface area is 157 Å². The minimum Gasteiger partial charge on any atom is -0.378 e. The third kappa shape index (κ3) is 4.39. The van der Waals surface area contributed by atoms with Crippen molar-refractivity contribution in [2.45, 2.75) is 0 Å². The summed E-state index contributed by atoms with van der Waals surface area (Å²) in [5, 5.41) is 10.7. The molecule has 0 saturated carbocycles. The van der Waals surface area contributed by atoms with Gasteiger partial charge in [-0.3, -0.25) is 10.1 Å². The minimum absolute atomic E-state index is 0.517. The van der Waals surface area contributed by atoms with Crippen LogP contribution in [0.15, 0.2) is 66.7 Å². The normalized spacial score (nSPS) is 10.9. The number of nitrogens with zero attached hydrogens (tertiary/aromatic N) is 2. The van der Waals surface area contributed by atoms with Gasteiger partial charge >= 0.3 is 5.69 Å². The van der Waals surface area contributed by atoms with Gasteiger partial charge in [-0.05, 0) is 46.5 Å². The van der Waals surface area contributed by atoms with Crippen molar-refractivity contribution in [1.29, 1.82) is 0 Å². The van der Waals surface area contributed by atoms with Crippen molar-refractivity contribution >= 4 is 23.5 Å². The molecule has 0 aliphatic carbocycles. The monoisotopic (exact) mass is 362 g/mol. The second-order valence-electron chi connectivity index (χ2n) is 6.36. The zero-order valence-corrected chi connectivity index (χ0v) is 15.1. The van der Waals surface area contributed by atoms with Crippen molar-refractivity contribution in [3.05, 3.63) is 93.8 Å². The van der Waals surface area contributed by atoms with Crippen LogP contribution in [-0.2, 0) is 0 Å². The van der Waals surface area contributed by atoms with E-state index < -0.39 is 16.4 Å². The zero-order chi connectivity index (χ0) is 19.4. The SMILES string of the molecule is CN(C)c1ccc(-c2ccc(C=Cc3ccc([N+](=O)[O-])c(F)c3)cc2)cc1. The van der Waals surface area contributed by atoms with Crippen LogP contribution in [0, 0.1) is 15.9 Å². The Bertz CT molecular complexity index is 978. The van der Waals surface area contributed by atoms with Crippen molar-refractivity contribution in [2.24, 2.45) is 0 Å². The maximum Gasteiger partial charge on any atom is 0.304 e. The number of rotatable bonds is 5. The van der Waals surface area contributed by atoms with E-state index in [9.17, 15) is 14.5 Å². The highest BCUT2D eigenvalue weighted by atomic mass is 19.1. The molecule has 0 N–H and O–H groups in total. The molecule has 0 aliphatic rings. The number of nitro groups is 1. The molecule has 27 heavy (non-hydrogen) atoms. The summed E-state index contributed by atoms with van der Waals surface area (Å²) in [5.41, 5.74) is 4.40. The van der Waals surface area contributed by atoms with Crippen LogP contribution in [0.4, 0.5) is 15.8 Å². The van der Waals surface area contributed by atoms with Gasteiger partial charge in [-0.25, -0.2) is 0 Å². The lowest BCUT2D eigenvalue weighted by molar-refractivity contribution is -0.387. The predicted molar refractivity (Wildman–Crippen MR) is 108 cm³/mol. The van der Waals surface area contributed by atoms with Crippen LogP contribution in [0.5, 0.6) is 0 Å². The van der Waals surface area contributed by atoms with Crippen molar-refractivity contribution in [3.8, 4) is 11.1 Å². The Morgan fingerprint density at radius 2 is 1.37 bits per heavy atom. The molecule has 0 fully saturated rings. The Balaban J connectivity index is 1.74. The molecule has 0 radical (unpaired) electrons. The molecule has 0 unspecified atom stereocenters. The van der Waals surface area contributed by atoms with E-state index in [1.54, 1.807) is 6.08 Å². The van der Waals surface area contributed by atoms with E-state index in [1.165, 1.54) is 12.1 Å². The zero-order valence-electron chi connectivity index (χ0n) is 15.1. The number of benzene rings is 3. The van der Waals surface area contributed by atoms with E-state index >= 15 is 0 Å². The Hall–Kier alpha value is -3.47. The summed E-state index contributed by atoms with van der Waals surface area (Å²) in [7, 11) is 4.01. The summed E-state index contributed by atoms with van der Waals surface area (Å²) in [6.45, 7) is 0. The van der Waals surface area contributed by atoms with E-state index in [2.05, 4.69) is 29.2 Å². The van der Waals surface area contributed by atoms with Gasteiger partial charge in [0.25, 0.3) is 0 Å². The van der Waals surface area contributed by atoms with Gasteiger partial charge in [0.15, 0.2) is 0 Å². The maximum absolute atomic E-state index is 13.7. The van der Waals surface area contributed by atoms with Gasteiger partial charge in [-0.15, -0.1) is 0 Å². The fourth-order valence-corrected chi connectivity index (χ4v) is 2.71. The van der Waals surface area contributed by atoms with Crippen LogP contribution in [0.1, 0.15) is 11.1 Å². The fraction of sp³-hybridized carbons (Fsp3) is 0.0909. The summed E-state index contributed by atoms with van der Waals surface area (Å²) in [4.78, 5) is 12.0. The molecule has 0 atom stereocenters. The molecule has 0 heterocycles. The third-order valence-electron chi connectivity index (χ3n) is 4.26. The van der Waals surface area contributed by atoms with Gasteiger partial charge in [0.05, 0.1) is 4.92 Å². The highest BCUT2D eigenvalue weighted by molar-refractivity contribution is 5.73. The van der Waals surface area contributed by atoms with Gasteiger partial charge in [0.2, 0.25) is 5.82 Å². The van der Waals surface area contributed by atoms with E-state index in [-0.39, 0.29) is 0 Å². The molecule has 3 aromatic rings. The second-order valence-corrected chi connectivity index (χ2v) is 6.36. The maximum atomic E-state index is 13.7. The Morgan fingerprint density at radius 1 is 0.852 bits per heavy atom. The summed E-state index contributed by atoms with van der Waals surface area (Å²) in [5.74, 6) is -0.835. The first-order chi connectivity index (χ1) is 12.9. The largest absolute Gasteiger partial charge is 0.378 e. The lowest BCUT2D eigenvalue weighted by atomic mass is 10.0. The smallest absolute Gasteiger partial charge is 0.304 e. The number of hydrogen-bond donors (Lipinski definition) is 0. The number of anilines is 1. The summed E-state index contributed by atoms with van der Waals surface area (Å²) < 4.78 is 13.7. The van der Waals surface area contributed by atoms with Crippen molar-refractivity contribution in [2.75, 3.05) is 19.0 Å². The van der Waals surface area contributed by atoms with Crippen molar-refractivity contribution in [3.63, 3.8) is 0 Å². The highest BCUT2D eigenvalue weighted by Gasteiger charge is 2.12. The Kier molecular flexibility index (Phi) is 5.31. The van der Waals surface area contributed by atoms with Crippen LogP contribution in [0.25, 0.3) is 23.3 Å². The van der Waals surface area contributed by atoms with E-state index in [1.807, 2.05) is 44.4 Å². The van der Waals surface area contributed by atoms with Crippen molar-refractivity contribution < 1.29 is 9.31 Å². The van der Waals surface area contributed by atoms with Crippen molar-refractivity contribution in [1.82, 2.24) is 0 Å². The van der Waals surface area contributed by atoms with Gasteiger partial charge < -0.3 is 4.90 Å².